The van der Waals surface area contributed by atoms with Crippen molar-refractivity contribution in [3.63, 3.8) is 0 Å². The Balaban J connectivity index is 0.00000225. The molecule has 7 nitrogen and oxygen atoms in total. The maximum atomic E-state index is 12.2. The van der Waals surface area contributed by atoms with E-state index >= 15 is 0 Å². The Hall–Kier alpha value is -1.85. The molecule has 0 atom stereocenters. The zero-order chi connectivity index (χ0) is 17.7. The largest absolute Gasteiger partial charge is 0.511 e. The van der Waals surface area contributed by atoms with Crippen LogP contribution in [-0.4, -0.2) is 34.8 Å². The fourth-order valence-electron chi connectivity index (χ4n) is 2.61. The number of hydrogen-bond donors (Lipinski definition) is 2. The molecular formula is C13H14ClF3N4O3S. The number of aromatic amines is 1. The van der Waals surface area contributed by atoms with Gasteiger partial charge in [0.25, 0.3) is 5.56 Å². The lowest BCUT2D eigenvalue weighted by Gasteiger charge is -2.09. The zero-order valence-corrected chi connectivity index (χ0v) is 14.5. The van der Waals surface area contributed by atoms with Crippen molar-refractivity contribution in [2.45, 2.75) is 25.3 Å². The second kappa shape index (κ2) is 6.46. The van der Waals surface area contributed by atoms with Crippen LogP contribution in [0, 0.1) is 6.92 Å². The van der Waals surface area contributed by atoms with Crippen molar-refractivity contribution in [3.8, 4) is 0 Å². The summed E-state index contributed by atoms with van der Waals surface area (Å²) in [6.45, 7) is 1.34. The highest BCUT2D eigenvalue weighted by Crippen LogP contribution is 2.22. The van der Waals surface area contributed by atoms with Crippen LogP contribution in [0.5, 0.6) is 0 Å². The van der Waals surface area contributed by atoms with Crippen LogP contribution in [0.1, 0.15) is 17.7 Å². The van der Waals surface area contributed by atoms with Gasteiger partial charge >= 0.3 is 15.5 Å². The number of imidazole rings is 2. The normalized spacial score (nSPS) is 12.8. The van der Waals surface area contributed by atoms with Gasteiger partial charge in [0.15, 0.2) is 0 Å². The summed E-state index contributed by atoms with van der Waals surface area (Å²) in [5.74, 6) is 0. The van der Waals surface area contributed by atoms with Gasteiger partial charge in [-0.25, -0.2) is 18.1 Å². The van der Waals surface area contributed by atoms with Gasteiger partial charge < -0.3 is 4.98 Å². The predicted molar refractivity (Wildman–Crippen MR) is 87.8 cm³/mol. The molecule has 0 radical (unpaired) electrons. The van der Waals surface area contributed by atoms with Crippen LogP contribution in [-0.2, 0) is 16.4 Å². The molecule has 2 N–H and O–H groups in total. The fraction of sp³-hybridized carbons (Fsp3) is 0.385. The number of rotatable bonds is 5. The minimum absolute atomic E-state index is 0. The molecule has 0 saturated carbocycles. The predicted octanol–water partition coefficient (Wildman–Crippen LogP) is 1.72. The topological polar surface area (TPSA) is 96.3 Å². The van der Waals surface area contributed by atoms with E-state index in [1.807, 2.05) is 0 Å². The summed E-state index contributed by atoms with van der Waals surface area (Å²) in [4.78, 5) is 18.9. The van der Waals surface area contributed by atoms with Gasteiger partial charge in [0.1, 0.15) is 16.8 Å². The molecule has 0 amide bonds. The molecule has 0 bridgehead atoms. The number of aryl methyl sites for hydroxylation is 2. The summed E-state index contributed by atoms with van der Waals surface area (Å²) in [7, 11) is -5.33. The molecule has 0 aromatic carbocycles. The molecule has 12 heteroatoms. The average Bonchev–Trinajstić information content (AvgIpc) is 2.98. The quantitative estimate of drug-likeness (QED) is 0.639. The standard InChI is InChI=1S/C13H13F3N4O3S.ClH/c1-7-10-12(21)19-9-5-4-8(11(18-7)20(9)10)3-2-6-17-24(22,23)13(14,15)16;/h4-5,17H,2-3,6H2,1H3,(H,19,21);1H. The number of pyridine rings is 1. The van der Waals surface area contributed by atoms with Gasteiger partial charge in [0, 0.05) is 6.54 Å². The third-order valence-corrected chi connectivity index (χ3v) is 4.89. The molecule has 0 fully saturated rings. The molecule has 0 unspecified atom stereocenters. The first kappa shape index (κ1) is 19.5. The first-order chi connectivity index (χ1) is 11.1. The first-order valence-electron chi connectivity index (χ1n) is 7.00. The summed E-state index contributed by atoms with van der Waals surface area (Å²) < 4.78 is 61.7. The molecule has 0 aliphatic carbocycles. The van der Waals surface area contributed by atoms with E-state index in [0.29, 0.717) is 28.9 Å². The maximum absolute atomic E-state index is 12.2. The lowest BCUT2D eigenvalue weighted by molar-refractivity contribution is -0.0447. The average molecular weight is 399 g/mol. The van der Waals surface area contributed by atoms with Crippen LogP contribution in [0.4, 0.5) is 13.2 Å². The molecule has 3 heterocycles. The Morgan fingerprint density at radius 3 is 2.64 bits per heavy atom. The van der Waals surface area contributed by atoms with Crippen molar-refractivity contribution in [1.82, 2.24) is 19.1 Å². The molecule has 0 aliphatic rings. The number of alkyl halides is 3. The second-order valence-corrected chi connectivity index (χ2v) is 7.11. The maximum Gasteiger partial charge on any atom is 0.511 e. The van der Waals surface area contributed by atoms with E-state index in [2.05, 4.69) is 9.97 Å². The molecule has 3 aromatic rings. The van der Waals surface area contributed by atoms with Crippen LogP contribution < -0.4 is 10.3 Å². The van der Waals surface area contributed by atoms with Crippen molar-refractivity contribution in [3.05, 3.63) is 33.7 Å². The van der Waals surface area contributed by atoms with Gasteiger partial charge in [-0.2, -0.15) is 13.2 Å². The SMILES string of the molecule is Cc1nc2c(CCCNS(=O)(=O)C(F)(F)F)ccc3[nH]c(=O)c1n32.Cl. The van der Waals surface area contributed by atoms with Crippen molar-refractivity contribution in [2.24, 2.45) is 0 Å². The van der Waals surface area contributed by atoms with Crippen LogP contribution in [0.3, 0.4) is 0 Å². The molecule has 25 heavy (non-hydrogen) atoms. The minimum atomic E-state index is -5.33. The summed E-state index contributed by atoms with van der Waals surface area (Å²) in [6, 6.07) is 3.39. The van der Waals surface area contributed by atoms with E-state index in [9.17, 15) is 26.4 Å². The van der Waals surface area contributed by atoms with Gasteiger partial charge in [-0.1, -0.05) is 6.07 Å². The molecule has 3 aromatic heterocycles. The van der Waals surface area contributed by atoms with Crippen LogP contribution >= 0.6 is 12.4 Å². The van der Waals surface area contributed by atoms with Crippen molar-refractivity contribution in [1.29, 1.82) is 0 Å². The monoisotopic (exact) mass is 398 g/mol. The molecule has 3 rings (SSSR count). The number of hydrogen-bond acceptors (Lipinski definition) is 4. The van der Waals surface area contributed by atoms with E-state index in [4.69, 9.17) is 0 Å². The Kier molecular flexibility index (Phi) is 5.04. The summed E-state index contributed by atoms with van der Waals surface area (Å²) in [5, 5.41) is 0. The third-order valence-electron chi connectivity index (χ3n) is 3.70. The highest BCUT2D eigenvalue weighted by atomic mass is 35.5. The van der Waals surface area contributed by atoms with E-state index in [-0.39, 0.29) is 30.9 Å². The van der Waals surface area contributed by atoms with Gasteiger partial charge in [-0.15, -0.1) is 12.4 Å². The lowest BCUT2D eigenvalue weighted by atomic mass is 10.1. The molecule has 0 aliphatic heterocycles. The highest BCUT2D eigenvalue weighted by molar-refractivity contribution is 7.90. The smallest absolute Gasteiger partial charge is 0.306 e. The molecule has 0 spiro atoms. The molecule has 0 saturated heterocycles. The van der Waals surface area contributed by atoms with Gasteiger partial charge in [-0.3, -0.25) is 9.20 Å². The van der Waals surface area contributed by atoms with E-state index < -0.39 is 15.5 Å². The summed E-state index contributed by atoms with van der Waals surface area (Å²) >= 11 is 0. The van der Waals surface area contributed by atoms with Crippen molar-refractivity contribution >= 4 is 39.2 Å². The number of sulfonamides is 1. The second-order valence-electron chi connectivity index (χ2n) is 5.35. The fourth-order valence-corrected chi connectivity index (χ4v) is 3.19. The third kappa shape index (κ3) is 3.31. The summed E-state index contributed by atoms with van der Waals surface area (Å²) in [6.07, 6.45) is 0.473. The van der Waals surface area contributed by atoms with E-state index in [1.54, 1.807) is 23.5 Å². The van der Waals surface area contributed by atoms with Crippen molar-refractivity contribution in [2.75, 3.05) is 6.54 Å². The number of aromatic nitrogens is 3. The van der Waals surface area contributed by atoms with Crippen LogP contribution in [0.2, 0.25) is 0 Å². The zero-order valence-electron chi connectivity index (χ0n) is 12.8. The lowest BCUT2D eigenvalue weighted by Crippen LogP contribution is -2.37. The van der Waals surface area contributed by atoms with Gasteiger partial charge in [0.05, 0.1) is 5.69 Å². The first-order valence-corrected chi connectivity index (χ1v) is 8.48. The number of halogens is 4. The Bertz CT molecular complexity index is 1060. The van der Waals surface area contributed by atoms with E-state index in [1.165, 1.54) is 4.72 Å². The Morgan fingerprint density at radius 1 is 1.32 bits per heavy atom. The number of nitrogens with one attached hydrogen (secondary N) is 2. The Morgan fingerprint density at radius 2 is 2.00 bits per heavy atom. The van der Waals surface area contributed by atoms with Crippen LogP contribution in [0.15, 0.2) is 16.9 Å². The van der Waals surface area contributed by atoms with Crippen LogP contribution in [0.25, 0.3) is 16.8 Å². The van der Waals surface area contributed by atoms with E-state index in [0.717, 1.165) is 5.56 Å². The molecular weight excluding hydrogens is 385 g/mol. The van der Waals surface area contributed by atoms with Gasteiger partial charge in [0.2, 0.25) is 0 Å². The highest BCUT2D eigenvalue weighted by Gasteiger charge is 2.45. The Labute approximate surface area is 146 Å². The summed E-state index contributed by atoms with van der Waals surface area (Å²) in [5.41, 5.74) is -2.76. The number of nitrogens with zero attached hydrogens (tertiary/aromatic N) is 2. The number of H-pyrrole nitrogens is 1. The van der Waals surface area contributed by atoms with Gasteiger partial charge in [-0.05, 0) is 31.4 Å². The minimum Gasteiger partial charge on any atom is -0.306 e. The van der Waals surface area contributed by atoms with Crippen molar-refractivity contribution < 1.29 is 21.6 Å². The molecule has 138 valence electrons.